The van der Waals surface area contributed by atoms with Gasteiger partial charge in [0.2, 0.25) is 5.91 Å². The number of methoxy groups -OCH3 is 2. The minimum atomic E-state index is -1.12. The summed E-state index contributed by atoms with van der Waals surface area (Å²) < 4.78 is 21.5. The zero-order chi connectivity index (χ0) is 26.9. The molecule has 1 amide bonds. The number of anilines is 1. The molecule has 0 saturated heterocycles. The number of hydrogen-bond acceptors (Lipinski definition) is 8. The van der Waals surface area contributed by atoms with Crippen LogP contribution in [0.15, 0.2) is 36.4 Å². The van der Waals surface area contributed by atoms with Gasteiger partial charge in [0.15, 0.2) is 11.5 Å². The highest BCUT2D eigenvalue weighted by molar-refractivity contribution is 5.98. The first-order valence-electron chi connectivity index (χ1n) is 11.4. The number of amides is 1. The molecule has 9 nitrogen and oxygen atoms in total. The maximum Gasteiger partial charge on any atom is 0.308 e. The third-order valence-corrected chi connectivity index (χ3v) is 4.83. The standard InChI is InChI=1S/C27H33N3O6/c1-7-35-24-14-18(9-11-23(24)34-6)19(16-28)12-17-8-10-22(33-5)21(13-17)30-26(32)20(29)15-25(31)36-27(2,3)4/h8-14,20H,7,15,29H2,1-6H3,(H,30,32). The number of carbonyl (C=O) groups is 2. The van der Waals surface area contributed by atoms with Crippen molar-refractivity contribution in [2.75, 3.05) is 26.1 Å². The second-order valence-corrected chi connectivity index (χ2v) is 8.81. The van der Waals surface area contributed by atoms with Crippen LogP contribution >= 0.6 is 0 Å². The molecule has 0 radical (unpaired) electrons. The quantitative estimate of drug-likeness (QED) is 0.285. The first-order chi connectivity index (χ1) is 17.0. The Balaban J connectivity index is 2.30. The SMILES string of the molecule is CCOc1cc(C(C#N)=Cc2ccc(OC)c(NC(=O)C(N)CC(=O)OC(C)(C)C)c2)ccc1OC. The van der Waals surface area contributed by atoms with Crippen molar-refractivity contribution < 1.29 is 28.5 Å². The van der Waals surface area contributed by atoms with Crippen molar-refractivity contribution in [2.24, 2.45) is 5.73 Å². The van der Waals surface area contributed by atoms with E-state index in [0.29, 0.717) is 46.2 Å². The van der Waals surface area contributed by atoms with E-state index in [1.807, 2.05) is 6.92 Å². The van der Waals surface area contributed by atoms with Gasteiger partial charge in [0.05, 0.1) is 50.6 Å². The summed E-state index contributed by atoms with van der Waals surface area (Å²) in [7, 11) is 3.01. The van der Waals surface area contributed by atoms with Crippen molar-refractivity contribution in [2.45, 2.75) is 45.8 Å². The number of ether oxygens (including phenoxy) is 4. The third kappa shape index (κ3) is 8.03. The lowest BCUT2D eigenvalue weighted by Gasteiger charge is -2.21. The van der Waals surface area contributed by atoms with Gasteiger partial charge in [-0.15, -0.1) is 0 Å². The largest absolute Gasteiger partial charge is 0.495 e. The van der Waals surface area contributed by atoms with E-state index >= 15 is 0 Å². The van der Waals surface area contributed by atoms with E-state index < -0.39 is 23.5 Å². The van der Waals surface area contributed by atoms with E-state index in [0.717, 1.165) is 0 Å². The number of carbonyl (C=O) groups excluding carboxylic acids is 2. The van der Waals surface area contributed by atoms with E-state index in [9.17, 15) is 14.9 Å². The maximum absolute atomic E-state index is 12.7. The number of allylic oxidation sites excluding steroid dienone is 1. The third-order valence-electron chi connectivity index (χ3n) is 4.83. The van der Waals surface area contributed by atoms with Crippen LogP contribution in [0.4, 0.5) is 5.69 Å². The fraction of sp³-hybridized carbons (Fsp3) is 0.370. The van der Waals surface area contributed by atoms with Crippen molar-refractivity contribution >= 4 is 29.2 Å². The van der Waals surface area contributed by atoms with Crippen LogP contribution in [0.3, 0.4) is 0 Å². The first-order valence-corrected chi connectivity index (χ1v) is 11.4. The molecule has 1 unspecified atom stereocenters. The van der Waals surface area contributed by atoms with Crippen LogP contribution in [0.2, 0.25) is 0 Å². The van der Waals surface area contributed by atoms with Gasteiger partial charge in [-0.3, -0.25) is 9.59 Å². The summed E-state index contributed by atoms with van der Waals surface area (Å²) in [4.78, 5) is 24.7. The van der Waals surface area contributed by atoms with Crippen molar-refractivity contribution in [1.82, 2.24) is 0 Å². The van der Waals surface area contributed by atoms with Crippen molar-refractivity contribution in [3.63, 3.8) is 0 Å². The van der Waals surface area contributed by atoms with Crippen molar-refractivity contribution in [3.05, 3.63) is 47.5 Å². The van der Waals surface area contributed by atoms with Gasteiger partial charge in [0.25, 0.3) is 0 Å². The highest BCUT2D eigenvalue weighted by atomic mass is 16.6. The Labute approximate surface area is 211 Å². The molecule has 3 N–H and O–H groups in total. The lowest BCUT2D eigenvalue weighted by atomic mass is 10.0. The van der Waals surface area contributed by atoms with Crippen LogP contribution in [0.5, 0.6) is 17.2 Å². The Morgan fingerprint density at radius 2 is 1.75 bits per heavy atom. The molecule has 2 aromatic rings. The summed E-state index contributed by atoms with van der Waals surface area (Å²) in [6.45, 7) is 7.51. The van der Waals surface area contributed by atoms with Crippen LogP contribution in [-0.2, 0) is 14.3 Å². The summed E-state index contributed by atoms with van der Waals surface area (Å²) in [5.41, 5.74) is 7.25. The number of hydrogen-bond donors (Lipinski definition) is 2. The number of rotatable bonds is 10. The lowest BCUT2D eigenvalue weighted by molar-refractivity contribution is -0.155. The first kappa shape index (κ1) is 28.2. The second kappa shape index (κ2) is 12.6. The molecule has 9 heteroatoms. The minimum absolute atomic E-state index is 0.275. The molecule has 1 atom stereocenters. The van der Waals surface area contributed by atoms with Gasteiger partial charge in [0, 0.05) is 0 Å². The average molecular weight is 496 g/mol. The van der Waals surface area contributed by atoms with Crippen LogP contribution in [0.1, 0.15) is 45.2 Å². The molecule has 0 spiro atoms. The van der Waals surface area contributed by atoms with Gasteiger partial charge in [0.1, 0.15) is 11.4 Å². The molecule has 2 aromatic carbocycles. The zero-order valence-electron chi connectivity index (χ0n) is 21.5. The van der Waals surface area contributed by atoms with E-state index in [-0.39, 0.29) is 6.42 Å². The Hall–Kier alpha value is -4.03. The summed E-state index contributed by atoms with van der Waals surface area (Å²) in [6.07, 6.45) is 1.40. The smallest absolute Gasteiger partial charge is 0.308 e. The van der Waals surface area contributed by atoms with Gasteiger partial charge in [-0.05, 0) is 75.2 Å². The summed E-state index contributed by atoms with van der Waals surface area (Å²) in [5.74, 6) is 0.345. The molecule has 0 bridgehead atoms. The molecular weight excluding hydrogens is 462 g/mol. The van der Waals surface area contributed by atoms with Crippen molar-refractivity contribution in [3.8, 4) is 23.3 Å². The number of benzene rings is 2. The van der Waals surface area contributed by atoms with Gasteiger partial charge in [-0.25, -0.2) is 0 Å². The molecule has 0 heterocycles. The normalized spacial score (nSPS) is 12.2. The molecular formula is C27H33N3O6. The molecule has 192 valence electrons. The van der Waals surface area contributed by atoms with Gasteiger partial charge >= 0.3 is 5.97 Å². The Morgan fingerprint density at radius 1 is 1.08 bits per heavy atom. The summed E-state index contributed by atoms with van der Waals surface area (Å²) in [6, 6.07) is 11.4. The predicted octanol–water partition coefficient (Wildman–Crippen LogP) is 4.16. The number of nitrogens with zero attached hydrogens (tertiary/aromatic N) is 1. The number of nitrogens with two attached hydrogens (primary N) is 1. The molecule has 0 fully saturated rings. The van der Waals surface area contributed by atoms with Gasteiger partial charge in [-0.1, -0.05) is 6.07 Å². The average Bonchev–Trinajstić information content (AvgIpc) is 2.81. The molecule has 0 aliphatic carbocycles. The Morgan fingerprint density at radius 3 is 2.33 bits per heavy atom. The second-order valence-electron chi connectivity index (χ2n) is 8.81. The van der Waals surface area contributed by atoms with Crippen LogP contribution in [0.25, 0.3) is 11.6 Å². The molecule has 0 aliphatic rings. The van der Waals surface area contributed by atoms with Gasteiger partial charge < -0.3 is 30.0 Å². The zero-order valence-corrected chi connectivity index (χ0v) is 21.5. The lowest BCUT2D eigenvalue weighted by Crippen LogP contribution is -2.39. The van der Waals surface area contributed by atoms with Crippen LogP contribution in [0, 0.1) is 11.3 Å². The van der Waals surface area contributed by atoms with Crippen molar-refractivity contribution in [1.29, 1.82) is 5.26 Å². The van der Waals surface area contributed by atoms with Crippen LogP contribution < -0.4 is 25.3 Å². The molecule has 0 aromatic heterocycles. The molecule has 0 saturated carbocycles. The number of nitrogens with one attached hydrogen (secondary N) is 1. The minimum Gasteiger partial charge on any atom is -0.495 e. The fourth-order valence-electron chi connectivity index (χ4n) is 3.25. The fourth-order valence-corrected chi connectivity index (χ4v) is 3.25. The van der Waals surface area contributed by atoms with E-state index in [4.69, 9.17) is 24.7 Å². The number of esters is 1. The highest BCUT2D eigenvalue weighted by Crippen LogP contribution is 2.32. The Kier molecular flexibility index (Phi) is 9.88. The Bertz CT molecular complexity index is 1160. The van der Waals surface area contributed by atoms with E-state index in [2.05, 4.69) is 11.4 Å². The molecule has 2 rings (SSSR count). The van der Waals surface area contributed by atoms with E-state index in [1.54, 1.807) is 70.4 Å². The monoisotopic (exact) mass is 495 g/mol. The summed E-state index contributed by atoms with van der Waals surface area (Å²) in [5, 5.41) is 12.5. The number of nitriles is 1. The molecule has 0 aliphatic heterocycles. The highest BCUT2D eigenvalue weighted by Gasteiger charge is 2.23. The predicted molar refractivity (Wildman–Crippen MR) is 138 cm³/mol. The van der Waals surface area contributed by atoms with E-state index in [1.165, 1.54) is 7.11 Å². The molecule has 36 heavy (non-hydrogen) atoms. The topological polar surface area (TPSA) is 133 Å². The van der Waals surface area contributed by atoms with Crippen LogP contribution in [-0.4, -0.2) is 44.3 Å². The summed E-state index contributed by atoms with van der Waals surface area (Å²) >= 11 is 0. The van der Waals surface area contributed by atoms with Gasteiger partial charge in [-0.2, -0.15) is 5.26 Å². The maximum atomic E-state index is 12.7.